The van der Waals surface area contributed by atoms with Crippen LogP contribution in [-0.2, 0) is 0 Å². The van der Waals surface area contributed by atoms with Crippen molar-refractivity contribution in [3.05, 3.63) is 0 Å². The highest BCUT2D eigenvalue weighted by Gasteiger charge is 2.56. The summed E-state index contributed by atoms with van der Waals surface area (Å²) in [5, 5.41) is 9.55. The molecule has 2 heteroatoms. The number of piperidine rings is 1. The van der Waals surface area contributed by atoms with Crippen LogP contribution in [0.25, 0.3) is 0 Å². The van der Waals surface area contributed by atoms with Gasteiger partial charge in [0, 0.05) is 19.1 Å². The number of hydrogen-bond donors (Lipinski definition) is 1. The minimum atomic E-state index is 0.0116. The Morgan fingerprint density at radius 1 is 1.40 bits per heavy atom. The zero-order chi connectivity index (χ0) is 6.72. The number of nitrogens with zero attached hydrogens (tertiary/aromatic N) is 1. The summed E-state index contributed by atoms with van der Waals surface area (Å²) in [5.74, 6) is 1.86. The molecule has 0 spiro atoms. The van der Waals surface area contributed by atoms with Crippen LogP contribution in [0.2, 0.25) is 0 Å². The molecule has 56 valence electrons. The third kappa shape index (κ3) is 0.523. The predicted octanol–water partition coefficient (Wildman–Crippen LogP) is 0.0713. The summed E-state index contributed by atoms with van der Waals surface area (Å²) in [7, 11) is 0. The first-order valence-electron chi connectivity index (χ1n) is 4.28. The summed E-state index contributed by atoms with van der Waals surface area (Å²) in [6, 6.07) is 0.574. The minimum Gasteiger partial charge on any atom is -0.391 e. The van der Waals surface area contributed by atoms with Gasteiger partial charge in [-0.3, -0.25) is 4.90 Å². The molecule has 2 nitrogen and oxygen atoms in total. The smallest absolute Gasteiger partial charge is 0.0710 e. The topological polar surface area (TPSA) is 23.5 Å². The molecule has 0 radical (unpaired) electrons. The van der Waals surface area contributed by atoms with Crippen LogP contribution >= 0.6 is 0 Å². The summed E-state index contributed by atoms with van der Waals surface area (Å²) < 4.78 is 0. The molecule has 10 heavy (non-hydrogen) atoms. The summed E-state index contributed by atoms with van der Waals surface area (Å²) in [6.07, 6.45) is 2.43. The van der Waals surface area contributed by atoms with E-state index < -0.39 is 0 Å². The van der Waals surface area contributed by atoms with Gasteiger partial charge in [0.15, 0.2) is 0 Å². The average Bonchev–Trinajstić information content (AvgIpc) is 2.40. The van der Waals surface area contributed by atoms with Gasteiger partial charge < -0.3 is 5.11 Å². The average molecular weight is 139 g/mol. The van der Waals surface area contributed by atoms with Crippen LogP contribution in [0.15, 0.2) is 0 Å². The van der Waals surface area contributed by atoms with E-state index in [1.165, 1.54) is 13.0 Å². The van der Waals surface area contributed by atoms with Crippen molar-refractivity contribution < 1.29 is 5.11 Å². The molecule has 1 aliphatic carbocycles. The van der Waals surface area contributed by atoms with E-state index in [0.29, 0.717) is 6.04 Å². The SMILES string of the molecule is OC1CCN2CC3CC3C12. The van der Waals surface area contributed by atoms with Crippen LogP contribution in [0, 0.1) is 11.8 Å². The molecular weight excluding hydrogens is 126 g/mol. The fraction of sp³-hybridized carbons (Fsp3) is 1.00. The zero-order valence-corrected chi connectivity index (χ0v) is 6.03. The van der Waals surface area contributed by atoms with Gasteiger partial charge in [-0.2, -0.15) is 0 Å². The molecule has 2 saturated heterocycles. The molecule has 1 saturated carbocycles. The number of fused-ring (bicyclic) bond motifs is 3. The molecule has 0 aromatic rings. The van der Waals surface area contributed by atoms with E-state index >= 15 is 0 Å². The molecule has 0 aromatic heterocycles. The Morgan fingerprint density at radius 3 is 3.10 bits per heavy atom. The van der Waals surface area contributed by atoms with Gasteiger partial charge in [0.1, 0.15) is 0 Å². The molecule has 3 aliphatic rings. The van der Waals surface area contributed by atoms with E-state index in [1.807, 2.05) is 0 Å². The van der Waals surface area contributed by atoms with E-state index in [2.05, 4.69) is 4.90 Å². The Kier molecular flexibility index (Phi) is 0.868. The van der Waals surface area contributed by atoms with Gasteiger partial charge in [0.25, 0.3) is 0 Å². The lowest BCUT2D eigenvalue weighted by molar-refractivity contribution is 0.122. The highest BCUT2D eigenvalue weighted by atomic mass is 16.3. The molecule has 1 N–H and O–H groups in total. The summed E-state index contributed by atoms with van der Waals surface area (Å²) in [5.41, 5.74) is 0. The van der Waals surface area contributed by atoms with Crippen LogP contribution in [-0.4, -0.2) is 35.2 Å². The lowest BCUT2D eigenvalue weighted by Crippen LogP contribution is -2.32. The van der Waals surface area contributed by atoms with Crippen LogP contribution in [0.1, 0.15) is 12.8 Å². The van der Waals surface area contributed by atoms with E-state index in [0.717, 1.165) is 24.8 Å². The maximum atomic E-state index is 9.55. The molecular formula is C8H13NO. The van der Waals surface area contributed by atoms with E-state index in [9.17, 15) is 5.11 Å². The first-order chi connectivity index (χ1) is 4.86. The summed E-state index contributed by atoms with van der Waals surface area (Å²) >= 11 is 0. The molecule has 0 amide bonds. The fourth-order valence-corrected chi connectivity index (χ4v) is 2.83. The summed E-state index contributed by atoms with van der Waals surface area (Å²) in [4.78, 5) is 2.48. The van der Waals surface area contributed by atoms with Gasteiger partial charge >= 0.3 is 0 Å². The molecule has 2 heterocycles. The van der Waals surface area contributed by atoms with Crippen LogP contribution in [0.5, 0.6) is 0 Å². The van der Waals surface area contributed by atoms with Crippen LogP contribution < -0.4 is 0 Å². The third-order valence-electron chi connectivity index (χ3n) is 3.41. The van der Waals surface area contributed by atoms with Gasteiger partial charge in [-0.25, -0.2) is 0 Å². The van der Waals surface area contributed by atoms with Crippen molar-refractivity contribution in [1.82, 2.24) is 4.90 Å². The largest absolute Gasteiger partial charge is 0.391 e. The standard InChI is InChI=1S/C8H13NO/c10-7-1-2-9-4-5-3-6(5)8(7)9/h5-8,10H,1-4H2. The third-order valence-corrected chi connectivity index (χ3v) is 3.41. The molecule has 2 aliphatic heterocycles. The van der Waals surface area contributed by atoms with E-state index in [4.69, 9.17) is 0 Å². The Bertz CT molecular complexity index is 169. The Balaban J connectivity index is 1.88. The van der Waals surface area contributed by atoms with Crippen molar-refractivity contribution >= 4 is 0 Å². The van der Waals surface area contributed by atoms with Gasteiger partial charge in [-0.1, -0.05) is 0 Å². The van der Waals surface area contributed by atoms with Crippen molar-refractivity contribution in [3.8, 4) is 0 Å². The van der Waals surface area contributed by atoms with Gasteiger partial charge in [0.05, 0.1) is 6.10 Å². The van der Waals surface area contributed by atoms with Gasteiger partial charge in [0.2, 0.25) is 0 Å². The Hall–Kier alpha value is -0.0800. The quantitative estimate of drug-likeness (QED) is 0.513. The first-order valence-corrected chi connectivity index (χ1v) is 4.28. The first kappa shape index (κ1) is 5.56. The molecule has 0 aromatic carbocycles. The Labute approximate surface area is 60.8 Å². The van der Waals surface area contributed by atoms with Crippen LogP contribution in [0.4, 0.5) is 0 Å². The monoisotopic (exact) mass is 139 g/mol. The van der Waals surface area contributed by atoms with E-state index in [-0.39, 0.29) is 6.10 Å². The van der Waals surface area contributed by atoms with E-state index in [1.54, 1.807) is 0 Å². The molecule has 3 fully saturated rings. The predicted molar refractivity (Wildman–Crippen MR) is 37.6 cm³/mol. The van der Waals surface area contributed by atoms with Crippen LogP contribution in [0.3, 0.4) is 0 Å². The normalized spacial score (nSPS) is 58.5. The molecule has 4 atom stereocenters. The fourth-order valence-electron chi connectivity index (χ4n) is 2.83. The number of aliphatic hydroxyl groups excluding tert-OH is 1. The number of aliphatic hydroxyl groups is 1. The lowest BCUT2D eigenvalue weighted by atomic mass is 10.1. The second kappa shape index (κ2) is 1.56. The lowest BCUT2D eigenvalue weighted by Gasteiger charge is -2.19. The van der Waals surface area contributed by atoms with Crippen molar-refractivity contribution in [1.29, 1.82) is 0 Å². The van der Waals surface area contributed by atoms with Gasteiger partial charge in [-0.15, -0.1) is 0 Å². The Morgan fingerprint density at radius 2 is 2.30 bits per heavy atom. The van der Waals surface area contributed by atoms with Crippen molar-refractivity contribution in [3.63, 3.8) is 0 Å². The van der Waals surface area contributed by atoms with Crippen molar-refractivity contribution in [2.45, 2.75) is 25.0 Å². The van der Waals surface area contributed by atoms with Gasteiger partial charge in [-0.05, 0) is 24.7 Å². The maximum absolute atomic E-state index is 9.55. The maximum Gasteiger partial charge on any atom is 0.0710 e. The highest BCUT2D eigenvalue weighted by molar-refractivity contribution is 5.09. The molecule has 4 unspecified atom stereocenters. The van der Waals surface area contributed by atoms with Crippen molar-refractivity contribution in [2.24, 2.45) is 11.8 Å². The molecule has 0 bridgehead atoms. The zero-order valence-electron chi connectivity index (χ0n) is 6.03. The number of rotatable bonds is 0. The highest BCUT2D eigenvalue weighted by Crippen LogP contribution is 2.52. The molecule has 3 rings (SSSR count). The second-order valence-electron chi connectivity index (χ2n) is 4.00. The van der Waals surface area contributed by atoms with Crippen molar-refractivity contribution in [2.75, 3.05) is 13.1 Å². The summed E-state index contributed by atoms with van der Waals surface area (Å²) in [6.45, 7) is 2.44. The minimum absolute atomic E-state index is 0.0116. The number of hydrogen-bond acceptors (Lipinski definition) is 2. The second-order valence-corrected chi connectivity index (χ2v) is 4.00.